The van der Waals surface area contributed by atoms with E-state index in [2.05, 4.69) is 28.0 Å². The van der Waals surface area contributed by atoms with Crippen molar-refractivity contribution in [3.05, 3.63) is 77.3 Å². The molecule has 2 atom stereocenters. The number of anilines is 1. The van der Waals surface area contributed by atoms with Gasteiger partial charge in [0.15, 0.2) is 0 Å². The Hall–Kier alpha value is -2.89. The molecule has 2 aromatic carbocycles. The van der Waals surface area contributed by atoms with Crippen LogP contribution < -0.4 is 20.5 Å². The standard InChI is InChI=1S/C25H30N4O4S2/c1-17(13-19-15-28-25-21(19)7-3-8-23(25)33-11-10-26)27-16-22(30)18-5-2-6-20(14-18)29-35(31,32)24-9-4-12-34-24/h2-9,12,14-15,17,22,27-30H,10-11,13,16,26H2,1H3/t17-,22+/m1/s1. The Morgan fingerprint density at radius 1 is 1.17 bits per heavy atom. The molecule has 0 spiro atoms. The van der Waals surface area contributed by atoms with Crippen molar-refractivity contribution in [3.8, 4) is 5.75 Å². The Kier molecular flexibility index (Phi) is 8.09. The minimum Gasteiger partial charge on any atom is -0.490 e. The molecule has 4 aromatic rings. The minimum atomic E-state index is -3.64. The third-order valence-electron chi connectivity index (χ3n) is 5.61. The fourth-order valence-electron chi connectivity index (χ4n) is 3.91. The Balaban J connectivity index is 1.36. The van der Waals surface area contributed by atoms with Crippen LogP contribution >= 0.6 is 11.3 Å². The number of fused-ring (bicyclic) bond motifs is 1. The predicted molar refractivity (Wildman–Crippen MR) is 141 cm³/mol. The van der Waals surface area contributed by atoms with E-state index in [9.17, 15) is 13.5 Å². The second-order valence-corrected chi connectivity index (χ2v) is 11.2. The van der Waals surface area contributed by atoms with Gasteiger partial charge >= 0.3 is 0 Å². The van der Waals surface area contributed by atoms with Gasteiger partial charge in [0.05, 0.1) is 11.6 Å². The molecule has 0 unspecified atom stereocenters. The van der Waals surface area contributed by atoms with E-state index in [-0.39, 0.29) is 10.3 Å². The van der Waals surface area contributed by atoms with Gasteiger partial charge in [-0.3, -0.25) is 4.72 Å². The number of H-pyrrole nitrogens is 1. The predicted octanol–water partition coefficient (Wildman–Crippen LogP) is 3.62. The first kappa shape index (κ1) is 25.2. The SMILES string of the molecule is C[C@H](Cc1c[nH]c2c(OCCN)cccc12)NC[C@H](O)c1cccc(NS(=O)(=O)c2cccs2)c1. The van der Waals surface area contributed by atoms with Gasteiger partial charge < -0.3 is 25.9 Å². The number of sulfonamides is 1. The lowest BCUT2D eigenvalue weighted by atomic mass is 10.0. The fourth-order valence-corrected chi connectivity index (χ4v) is 5.95. The van der Waals surface area contributed by atoms with Crippen LogP contribution in [0.3, 0.4) is 0 Å². The number of rotatable bonds is 12. The van der Waals surface area contributed by atoms with Gasteiger partial charge in [-0.2, -0.15) is 0 Å². The topological polar surface area (TPSA) is 129 Å². The van der Waals surface area contributed by atoms with E-state index in [4.69, 9.17) is 10.5 Å². The summed E-state index contributed by atoms with van der Waals surface area (Å²) in [6.07, 6.45) is 1.95. The number of nitrogens with two attached hydrogens (primary N) is 1. The zero-order valence-corrected chi connectivity index (χ0v) is 21.0. The zero-order valence-electron chi connectivity index (χ0n) is 19.4. The largest absolute Gasteiger partial charge is 0.490 e. The number of nitrogens with one attached hydrogen (secondary N) is 3. The number of aliphatic hydroxyl groups excluding tert-OH is 1. The van der Waals surface area contributed by atoms with Crippen LogP contribution in [0.4, 0.5) is 5.69 Å². The first-order valence-corrected chi connectivity index (χ1v) is 13.7. The van der Waals surface area contributed by atoms with Crippen molar-refractivity contribution in [1.29, 1.82) is 0 Å². The molecule has 0 bridgehead atoms. The van der Waals surface area contributed by atoms with Gasteiger partial charge in [-0.15, -0.1) is 11.3 Å². The average Bonchev–Trinajstić information content (AvgIpc) is 3.53. The van der Waals surface area contributed by atoms with E-state index >= 15 is 0 Å². The van der Waals surface area contributed by atoms with Crippen LogP contribution in [0.15, 0.2) is 70.4 Å². The molecule has 10 heteroatoms. The van der Waals surface area contributed by atoms with Crippen molar-refractivity contribution in [3.63, 3.8) is 0 Å². The Bertz CT molecular complexity index is 1350. The molecule has 0 aliphatic carbocycles. The number of aliphatic hydroxyl groups is 1. The second-order valence-electron chi connectivity index (χ2n) is 8.32. The summed E-state index contributed by atoms with van der Waals surface area (Å²) in [6.45, 7) is 3.30. The third kappa shape index (κ3) is 6.22. The molecule has 2 aromatic heterocycles. The Labute approximate surface area is 209 Å². The molecule has 8 nitrogen and oxygen atoms in total. The van der Waals surface area contributed by atoms with Gasteiger partial charge in [0.2, 0.25) is 0 Å². The van der Waals surface area contributed by atoms with Gasteiger partial charge in [-0.25, -0.2) is 8.42 Å². The molecule has 0 saturated heterocycles. The lowest BCUT2D eigenvalue weighted by molar-refractivity contribution is 0.170. The highest BCUT2D eigenvalue weighted by Crippen LogP contribution is 2.28. The van der Waals surface area contributed by atoms with E-state index in [0.29, 0.717) is 30.9 Å². The molecule has 0 amide bonds. The molecule has 0 aliphatic heterocycles. The lowest BCUT2D eigenvalue weighted by Crippen LogP contribution is -2.32. The molecule has 0 saturated carbocycles. The first-order valence-electron chi connectivity index (χ1n) is 11.4. The van der Waals surface area contributed by atoms with Gasteiger partial charge in [0, 0.05) is 36.4 Å². The highest BCUT2D eigenvalue weighted by molar-refractivity contribution is 7.94. The first-order chi connectivity index (χ1) is 16.9. The van der Waals surface area contributed by atoms with Crippen LogP contribution in [0.1, 0.15) is 24.2 Å². The third-order valence-corrected chi connectivity index (χ3v) is 8.39. The molecule has 35 heavy (non-hydrogen) atoms. The van der Waals surface area contributed by atoms with Crippen LogP contribution in [0.25, 0.3) is 10.9 Å². The van der Waals surface area contributed by atoms with Gasteiger partial charge in [-0.05, 0) is 54.1 Å². The molecular weight excluding hydrogens is 484 g/mol. The highest BCUT2D eigenvalue weighted by atomic mass is 32.2. The second kappa shape index (κ2) is 11.2. The van der Waals surface area contributed by atoms with Gasteiger partial charge in [0.1, 0.15) is 16.6 Å². The fraction of sp³-hybridized carbons (Fsp3) is 0.280. The van der Waals surface area contributed by atoms with Crippen molar-refractivity contribution in [2.75, 3.05) is 24.4 Å². The highest BCUT2D eigenvalue weighted by Gasteiger charge is 2.17. The molecule has 2 heterocycles. The number of para-hydroxylation sites is 1. The van der Waals surface area contributed by atoms with Crippen LogP contribution in [0, 0.1) is 0 Å². The Morgan fingerprint density at radius 3 is 2.77 bits per heavy atom. The molecule has 186 valence electrons. The number of ether oxygens (including phenoxy) is 1. The molecular formula is C25H30N4O4S2. The summed E-state index contributed by atoms with van der Waals surface area (Å²) < 4.78 is 33.5. The number of benzene rings is 2. The number of thiophene rings is 1. The molecule has 0 fully saturated rings. The maximum Gasteiger partial charge on any atom is 0.271 e. The number of hydrogen-bond acceptors (Lipinski definition) is 7. The Morgan fingerprint density at radius 2 is 2.00 bits per heavy atom. The monoisotopic (exact) mass is 514 g/mol. The summed E-state index contributed by atoms with van der Waals surface area (Å²) in [5.74, 6) is 0.782. The summed E-state index contributed by atoms with van der Waals surface area (Å²) in [5, 5.41) is 16.9. The van der Waals surface area contributed by atoms with E-state index in [1.54, 1.807) is 41.8 Å². The average molecular weight is 515 g/mol. The van der Waals surface area contributed by atoms with Crippen LogP contribution in [0.2, 0.25) is 0 Å². The maximum absolute atomic E-state index is 12.5. The number of aromatic nitrogens is 1. The van der Waals surface area contributed by atoms with Crippen molar-refractivity contribution >= 4 is 38.0 Å². The molecule has 0 radical (unpaired) electrons. The van der Waals surface area contributed by atoms with Crippen molar-refractivity contribution < 1.29 is 18.3 Å². The number of hydrogen-bond donors (Lipinski definition) is 5. The van der Waals surface area contributed by atoms with Crippen LogP contribution in [-0.4, -0.2) is 44.2 Å². The minimum absolute atomic E-state index is 0.0952. The molecule has 0 aliphatic rings. The quantitative estimate of drug-likeness (QED) is 0.196. The van der Waals surface area contributed by atoms with Crippen molar-refractivity contribution in [1.82, 2.24) is 10.3 Å². The zero-order chi connectivity index (χ0) is 24.8. The van der Waals surface area contributed by atoms with E-state index in [1.165, 1.54) is 0 Å². The molecule has 4 rings (SSSR count). The summed E-state index contributed by atoms with van der Waals surface area (Å²) in [6, 6.07) is 16.1. The van der Waals surface area contributed by atoms with Crippen LogP contribution in [0.5, 0.6) is 5.75 Å². The summed E-state index contributed by atoms with van der Waals surface area (Å²) in [4.78, 5) is 3.30. The van der Waals surface area contributed by atoms with Gasteiger partial charge in [-0.1, -0.05) is 30.3 Å². The van der Waals surface area contributed by atoms with Crippen LogP contribution in [-0.2, 0) is 16.4 Å². The summed E-state index contributed by atoms with van der Waals surface area (Å²) in [7, 11) is -3.64. The number of aromatic amines is 1. The van der Waals surface area contributed by atoms with Gasteiger partial charge in [0.25, 0.3) is 10.0 Å². The smallest absolute Gasteiger partial charge is 0.271 e. The van der Waals surface area contributed by atoms with E-state index in [1.807, 2.05) is 18.3 Å². The maximum atomic E-state index is 12.5. The summed E-state index contributed by atoms with van der Waals surface area (Å²) in [5.41, 5.74) is 8.69. The van der Waals surface area contributed by atoms with E-state index < -0.39 is 16.1 Å². The lowest BCUT2D eigenvalue weighted by Gasteiger charge is -2.18. The summed E-state index contributed by atoms with van der Waals surface area (Å²) >= 11 is 1.15. The molecule has 6 N–H and O–H groups in total. The van der Waals surface area contributed by atoms with E-state index in [0.717, 1.165) is 40.0 Å². The van der Waals surface area contributed by atoms with Crippen molar-refractivity contribution in [2.45, 2.75) is 29.7 Å². The normalized spacial score (nSPS) is 13.6. The van der Waals surface area contributed by atoms with Crippen molar-refractivity contribution in [2.24, 2.45) is 5.73 Å².